The van der Waals surface area contributed by atoms with Gasteiger partial charge in [0.2, 0.25) is 0 Å². The molecule has 0 atom stereocenters. The van der Waals surface area contributed by atoms with Crippen LogP contribution in [0, 0.1) is 5.92 Å². The fourth-order valence-electron chi connectivity index (χ4n) is 3.59. The maximum atomic E-state index is 5.61. The number of allylic oxidation sites excluding steroid dienone is 4. The van der Waals surface area contributed by atoms with E-state index in [2.05, 4.69) is 41.5 Å². The van der Waals surface area contributed by atoms with Gasteiger partial charge in [-0.2, -0.15) is 5.10 Å². The normalized spacial score (nSPS) is 17.6. The van der Waals surface area contributed by atoms with Gasteiger partial charge in [0.1, 0.15) is 0 Å². The van der Waals surface area contributed by atoms with Crippen LogP contribution in [0.2, 0.25) is 0 Å². The number of nitrogens with one attached hydrogen (secondary N) is 1. The molecule has 2 aromatic heterocycles. The number of piperidine rings is 1. The molecule has 1 aliphatic carbocycles. The third kappa shape index (κ3) is 5.21. The first-order valence-electron chi connectivity index (χ1n) is 9.63. The maximum Gasteiger partial charge on any atom is 0.0687 e. The molecule has 27 heavy (non-hydrogen) atoms. The van der Waals surface area contributed by atoms with Gasteiger partial charge >= 0.3 is 0 Å². The molecule has 4 nitrogen and oxygen atoms in total. The molecular weight excluding hydrogens is 352 g/mol. The third-order valence-electron chi connectivity index (χ3n) is 5.29. The Bertz CT molecular complexity index is 834. The van der Waals surface area contributed by atoms with E-state index in [-0.39, 0.29) is 0 Å². The summed E-state index contributed by atoms with van der Waals surface area (Å²) in [6.45, 7) is 8.37. The predicted molar refractivity (Wildman–Crippen MR) is 116 cm³/mol. The monoisotopic (exact) mass is 382 g/mol. The van der Waals surface area contributed by atoms with Crippen LogP contribution in [-0.4, -0.2) is 22.9 Å². The van der Waals surface area contributed by atoms with Crippen LogP contribution in [0.5, 0.6) is 0 Å². The summed E-state index contributed by atoms with van der Waals surface area (Å²) in [5, 5.41) is 9.59. The quantitative estimate of drug-likeness (QED) is 0.807. The van der Waals surface area contributed by atoms with Crippen molar-refractivity contribution < 1.29 is 0 Å². The van der Waals surface area contributed by atoms with Crippen molar-refractivity contribution in [1.82, 2.24) is 15.1 Å². The van der Waals surface area contributed by atoms with Crippen molar-refractivity contribution >= 4 is 17.0 Å². The number of thiophene rings is 1. The van der Waals surface area contributed by atoms with Gasteiger partial charge in [-0.05, 0) is 63.7 Å². The van der Waals surface area contributed by atoms with Crippen LogP contribution in [0.4, 0.5) is 0 Å². The standard InChI is InChI=1S/C12H19N.C10H11N3S/c1-10-2-4-11(5-3-10)12-6-8-13-9-7-12;1-7(11)10-5-8(6-14-10)9-3-4-12-13(9)2/h2,4,12-13H,3,5-9H2,1H3;3-6H,1,11H2,2H3. The predicted octanol–water partition coefficient (Wildman–Crippen LogP) is 4.73. The number of nitrogens with two attached hydrogens (primary N) is 1. The molecule has 1 saturated heterocycles. The van der Waals surface area contributed by atoms with Crippen molar-refractivity contribution in [2.45, 2.75) is 32.6 Å². The minimum Gasteiger partial charge on any atom is -0.398 e. The number of hydrogen-bond acceptors (Lipinski definition) is 4. The Labute approximate surface area is 166 Å². The van der Waals surface area contributed by atoms with E-state index in [0.717, 1.165) is 22.1 Å². The Morgan fingerprint density at radius 3 is 2.63 bits per heavy atom. The molecule has 3 N–H and O–H groups in total. The van der Waals surface area contributed by atoms with Gasteiger partial charge in [-0.3, -0.25) is 4.68 Å². The molecular formula is C22H30N4S. The number of rotatable bonds is 3. The van der Waals surface area contributed by atoms with E-state index in [9.17, 15) is 0 Å². The zero-order valence-electron chi connectivity index (χ0n) is 16.4. The number of aryl methyl sites for hydroxylation is 1. The molecule has 0 spiro atoms. The van der Waals surface area contributed by atoms with Gasteiger partial charge in [-0.15, -0.1) is 11.3 Å². The molecule has 5 heteroatoms. The van der Waals surface area contributed by atoms with Crippen molar-refractivity contribution in [2.75, 3.05) is 13.1 Å². The summed E-state index contributed by atoms with van der Waals surface area (Å²) in [7, 11) is 1.92. The maximum absolute atomic E-state index is 5.61. The minimum atomic E-state index is 0.614. The van der Waals surface area contributed by atoms with E-state index >= 15 is 0 Å². The topological polar surface area (TPSA) is 55.9 Å². The number of hydrogen-bond donors (Lipinski definition) is 2. The molecule has 144 valence electrons. The summed E-state index contributed by atoms with van der Waals surface area (Å²) in [6, 6.07) is 4.01. The molecule has 0 amide bonds. The lowest BCUT2D eigenvalue weighted by Crippen LogP contribution is -2.28. The van der Waals surface area contributed by atoms with Gasteiger partial charge in [-0.25, -0.2) is 0 Å². The summed E-state index contributed by atoms with van der Waals surface area (Å²) < 4.78 is 1.84. The first-order chi connectivity index (χ1) is 13.0. The highest BCUT2D eigenvalue weighted by molar-refractivity contribution is 7.11. The van der Waals surface area contributed by atoms with Gasteiger partial charge in [0.25, 0.3) is 0 Å². The first kappa shape index (κ1) is 19.6. The summed E-state index contributed by atoms with van der Waals surface area (Å²) >= 11 is 1.60. The first-order valence-corrected chi connectivity index (χ1v) is 10.5. The Morgan fingerprint density at radius 1 is 1.30 bits per heavy atom. The average Bonchev–Trinajstić information content (AvgIpc) is 3.32. The van der Waals surface area contributed by atoms with Crippen LogP contribution in [0.15, 0.2) is 53.6 Å². The zero-order chi connectivity index (χ0) is 19.2. The fraction of sp³-hybridized carbons (Fsp3) is 0.409. The van der Waals surface area contributed by atoms with Crippen LogP contribution in [0.3, 0.4) is 0 Å². The van der Waals surface area contributed by atoms with Crippen molar-refractivity contribution in [1.29, 1.82) is 0 Å². The molecule has 1 fully saturated rings. The van der Waals surface area contributed by atoms with E-state index in [0.29, 0.717) is 5.70 Å². The number of nitrogens with zero attached hydrogens (tertiary/aromatic N) is 2. The van der Waals surface area contributed by atoms with E-state index in [1.54, 1.807) is 23.1 Å². The van der Waals surface area contributed by atoms with Crippen LogP contribution >= 0.6 is 11.3 Å². The highest BCUT2D eigenvalue weighted by Gasteiger charge is 2.18. The van der Waals surface area contributed by atoms with Crippen LogP contribution < -0.4 is 11.1 Å². The second-order valence-electron chi connectivity index (χ2n) is 7.34. The summed E-state index contributed by atoms with van der Waals surface area (Å²) in [4.78, 5) is 1.02. The molecule has 1 aliphatic heterocycles. The Balaban J connectivity index is 0.000000156. The molecule has 3 heterocycles. The van der Waals surface area contributed by atoms with Crippen LogP contribution in [0.1, 0.15) is 37.5 Å². The molecule has 4 rings (SSSR count). The van der Waals surface area contributed by atoms with Crippen LogP contribution in [0.25, 0.3) is 17.0 Å². The largest absolute Gasteiger partial charge is 0.398 e. The summed E-state index contributed by atoms with van der Waals surface area (Å²) in [6.07, 6.45) is 11.7. The SMILES string of the molecule is C=C(N)c1cc(-c2ccnn2C)cs1.CC1=CC=C(C2CCNCC2)CC1. The van der Waals surface area contributed by atoms with E-state index in [1.807, 2.05) is 23.9 Å². The van der Waals surface area contributed by atoms with E-state index in [4.69, 9.17) is 5.73 Å². The smallest absolute Gasteiger partial charge is 0.0687 e. The summed E-state index contributed by atoms with van der Waals surface area (Å²) in [5.41, 5.74) is 11.7. The molecule has 2 aliphatic rings. The van der Waals surface area contributed by atoms with E-state index in [1.165, 1.54) is 44.3 Å². The Hall–Kier alpha value is -2.11. The fourth-order valence-corrected chi connectivity index (χ4v) is 4.38. The van der Waals surface area contributed by atoms with Gasteiger partial charge in [0, 0.05) is 29.9 Å². The molecule has 0 aromatic carbocycles. The second kappa shape index (κ2) is 9.20. The highest BCUT2D eigenvalue weighted by Crippen LogP contribution is 2.29. The van der Waals surface area contributed by atoms with Gasteiger partial charge in [-0.1, -0.05) is 29.9 Å². The van der Waals surface area contributed by atoms with Crippen LogP contribution in [-0.2, 0) is 7.05 Å². The Kier molecular flexibility index (Phi) is 6.69. The summed E-state index contributed by atoms with van der Waals surface area (Å²) in [5.74, 6) is 0.880. The molecule has 2 aromatic rings. The van der Waals surface area contributed by atoms with Gasteiger partial charge in [0.05, 0.1) is 10.6 Å². The highest BCUT2D eigenvalue weighted by atomic mass is 32.1. The molecule has 0 unspecified atom stereocenters. The van der Waals surface area contributed by atoms with E-state index < -0.39 is 0 Å². The minimum absolute atomic E-state index is 0.614. The lowest BCUT2D eigenvalue weighted by atomic mass is 9.84. The molecule has 0 bridgehead atoms. The Morgan fingerprint density at radius 2 is 2.07 bits per heavy atom. The molecule has 0 saturated carbocycles. The lowest BCUT2D eigenvalue weighted by molar-refractivity contribution is 0.410. The molecule has 0 radical (unpaired) electrons. The van der Waals surface area contributed by atoms with Crippen molar-refractivity contribution in [3.05, 3.63) is 58.5 Å². The lowest BCUT2D eigenvalue weighted by Gasteiger charge is -2.26. The zero-order valence-corrected chi connectivity index (χ0v) is 17.2. The van der Waals surface area contributed by atoms with Crippen molar-refractivity contribution in [2.24, 2.45) is 18.7 Å². The third-order valence-corrected chi connectivity index (χ3v) is 6.29. The van der Waals surface area contributed by atoms with Gasteiger partial charge in [0.15, 0.2) is 0 Å². The number of aromatic nitrogens is 2. The van der Waals surface area contributed by atoms with Gasteiger partial charge < -0.3 is 11.1 Å². The van der Waals surface area contributed by atoms with Crippen molar-refractivity contribution in [3.63, 3.8) is 0 Å². The van der Waals surface area contributed by atoms with Crippen molar-refractivity contribution in [3.8, 4) is 11.3 Å². The second-order valence-corrected chi connectivity index (χ2v) is 8.26. The average molecular weight is 383 g/mol.